The number of amides is 2. The first-order chi connectivity index (χ1) is 13.8. The predicted molar refractivity (Wildman–Crippen MR) is 111 cm³/mol. The zero-order chi connectivity index (χ0) is 20.9. The van der Waals surface area contributed by atoms with Crippen LogP contribution in [0.4, 0.5) is 0 Å². The highest BCUT2D eigenvalue weighted by Crippen LogP contribution is 2.41. The summed E-state index contributed by atoms with van der Waals surface area (Å²) in [6.07, 6.45) is 3.65. The normalized spacial score (nSPS) is 29.2. The standard InChI is InChI=1S/C22H32N4O3/c1-14-8-9-17(21(28)24(14)4)22(29)25-11-15-10-16(12-25)19(13-23(2)3)26-18(15)6-5-7-20(26)27/h8-9,15-16,18-19H,5-7,10-13H2,1-4H3/t15-,16+,18+,19+/m1/s1. The van der Waals surface area contributed by atoms with Crippen LogP contribution >= 0.6 is 0 Å². The Balaban J connectivity index is 1.64. The van der Waals surface area contributed by atoms with Crippen molar-refractivity contribution in [2.45, 2.75) is 44.7 Å². The van der Waals surface area contributed by atoms with Gasteiger partial charge in [-0.3, -0.25) is 14.4 Å². The lowest BCUT2D eigenvalue weighted by molar-refractivity contribution is -0.152. The average Bonchev–Trinajstić information content (AvgIpc) is 2.69. The van der Waals surface area contributed by atoms with E-state index in [4.69, 9.17) is 0 Å². The van der Waals surface area contributed by atoms with Gasteiger partial charge in [0.2, 0.25) is 5.91 Å². The topological polar surface area (TPSA) is 65.9 Å². The molecule has 0 saturated carbocycles. The van der Waals surface area contributed by atoms with Gasteiger partial charge in [-0.2, -0.15) is 0 Å². The summed E-state index contributed by atoms with van der Waals surface area (Å²) in [6.45, 7) is 3.92. The first-order valence-corrected chi connectivity index (χ1v) is 10.7. The van der Waals surface area contributed by atoms with E-state index in [-0.39, 0.29) is 40.9 Å². The molecule has 2 amide bonds. The first kappa shape index (κ1) is 20.1. The van der Waals surface area contributed by atoms with E-state index in [1.807, 2.05) is 32.0 Å². The summed E-state index contributed by atoms with van der Waals surface area (Å²) in [4.78, 5) is 44.9. The Morgan fingerprint density at radius 2 is 1.90 bits per heavy atom. The van der Waals surface area contributed by atoms with Gasteiger partial charge in [0.15, 0.2) is 0 Å². The van der Waals surface area contributed by atoms with Crippen molar-refractivity contribution < 1.29 is 9.59 Å². The van der Waals surface area contributed by atoms with Crippen molar-refractivity contribution in [1.29, 1.82) is 0 Å². The second-order valence-electron chi connectivity index (χ2n) is 9.31. The fraction of sp³-hybridized carbons (Fsp3) is 0.682. The van der Waals surface area contributed by atoms with E-state index in [2.05, 4.69) is 9.80 Å². The number of aromatic nitrogens is 1. The van der Waals surface area contributed by atoms with Gasteiger partial charge in [0.25, 0.3) is 11.5 Å². The van der Waals surface area contributed by atoms with Crippen LogP contribution in [0.3, 0.4) is 0 Å². The van der Waals surface area contributed by atoms with Crippen molar-refractivity contribution in [2.24, 2.45) is 18.9 Å². The van der Waals surface area contributed by atoms with Crippen LogP contribution in [-0.4, -0.2) is 76.9 Å². The van der Waals surface area contributed by atoms with Crippen LogP contribution in [0.5, 0.6) is 0 Å². The van der Waals surface area contributed by atoms with E-state index in [0.717, 1.165) is 31.5 Å². The van der Waals surface area contributed by atoms with Gasteiger partial charge in [-0.1, -0.05) is 0 Å². The molecule has 3 aliphatic heterocycles. The monoisotopic (exact) mass is 400 g/mol. The van der Waals surface area contributed by atoms with Crippen LogP contribution in [0.15, 0.2) is 16.9 Å². The number of pyridine rings is 1. The summed E-state index contributed by atoms with van der Waals surface area (Å²) < 4.78 is 1.54. The maximum Gasteiger partial charge on any atom is 0.263 e. The van der Waals surface area contributed by atoms with Crippen LogP contribution in [-0.2, 0) is 11.8 Å². The van der Waals surface area contributed by atoms with E-state index in [1.54, 1.807) is 13.1 Å². The van der Waals surface area contributed by atoms with Crippen molar-refractivity contribution in [3.05, 3.63) is 33.7 Å². The molecule has 0 radical (unpaired) electrons. The van der Waals surface area contributed by atoms with Crippen LogP contribution in [0, 0.1) is 18.8 Å². The quantitative estimate of drug-likeness (QED) is 0.762. The molecule has 0 aliphatic carbocycles. The van der Waals surface area contributed by atoms with Crippen LogP contribution < -0.4 is 5.56 Å². The van der Waals surface area contributed by atoms with Gasteiger partial charge in [-0.15, -0.1) is 0 Å². The van der Waals surface area contributed by atoms with Crippen molar-refractivity contribution in [3.63, 3.8) is 0 Å². The van der Waals surface area contributed by atoms with Gasteiger partial charge in [0, 0.05) is 50.9 Å². The molecule has 0 unspecified atom stereocenters. The van der Waals surface area contributed by atoms with Gasteiger partial charge < -0.3 is 19.3 Å². The molecule has 4 atom stereocenters. The Morgan fingerprint density at radius 3 is 2.62 bits per heavy atom. The molecule has 3 fully saturated rings. The molecular formula is C22H32N4O3. The lowest BCUT2D eigenvalue weighted by atomic mass is 9.72. The molecule has 1 aromatic heterocycles. The molecule has 29 heavy (non-hydrogen) atoms. The fourth-order valence-electron chi connectivity index (χ4n) is 5.61. The summed E-state index contributed by atoms with van der Waals surface area (Å²) in [6, 6.07) is 3.85. The summed E-state index contributed by atoms with van der Waals surface area (Å²) >= 11 is 0. The Bertz CT molecular complexity index is 877. The summed E-state index contributed by atoms with van der Waals surface area (Å²) in [5.74, 6) is 0.664. The lowest BCUT2D eigenvalue weighted by Crippen LogP contribution is -2.67. The number of rotatable bonds is 3. The van der Waals surface area contributed by atoms with Gasteiger partial charge in [-0.05, 0) is 64.3 Å². The molecule has 3 saturated heterocycles. The third kappa shape index (κ3) is 3.50. The maximum absolute atomic E-state index is 13.3. The van der Waals surface area contributed by atoms with E-state index >= 15 is 0 Å². The Labute approximate surface area is 172 Å². The van der Waals surface area contributed by atoms with Gasteiger partial charge in [0.05, 0.1) is 0 Å². The minimum absolute atomic E-state index is 0.135. The Hall–Kier alpha value is -2.15. The molecular weight excluding hydrogens is 368 g/mol. The number of carbonyl (C=O) groups excluding carboxylic acids is 2. The van der Waals surface area contributed by atoms with Gasteiger partial charge >= 0.3 is 0 Å². The SMILES string of the molecule is Cc1ccc(C(=O)N2C[C@H]3C[C@@H](C2)[C@H](CN(C)C)N2C(=O)CCC[C@@H]32)c(=O)n1C. The highest BCUT2D eigenvalue weighted by atomic mass is 16.2. The highest BCUT2D eigenvalue weighted by Gasteiger charge is 2.50. The number of hydrogen-bond acceptors (Lipinski definition) is 4. The van der Waals surface area contributed by atoms with Crippen LogP contribution in [0.1, 0.15) is 41.7 Å². The number of likely N-dealkylation sites (N-methyl/N-ethyl adjacent to an activating group) is 1. The molecule has 0 aromatic carbocycles. The molecule has 2 bridgehead atoms. The minimum Gasteiger partial charge on any atom is -0.338 e. The molecule has 4 rings (SSSR count). The zero-order valence-corrected chi connectivity index (χ0v) is 17.9. The van der Waals surface area contributed by atoms with E-state index in [1.165, 1.54) is 4.57 Å². The number of aryl methyl sites for hydroxylation is 1. The zero-order valence-electron chi connectivity index (χ0n) is 17.9. The Kier molecular flexibility index (Phi) is 5.27. The third-order valence-corrected chi connectivity index (χ3v) is 7.12. The van der Waals surface area contributed by atoms with E-state index in [0.29, 0.717) is 25.4 Å². The second kappa shape index (κ2) is 7.59. The van der Waals surface area contributed by atoms with E-state index in [9.17, 15) is 14.4 Å². The Morgan fingerprint density at radius 1 is 1.17 bits per heavy atom. The number of hydrogen-bond donors (Lipinski definition) is 0. The number of carbonyl (C=O) groups is 2. The first-order valence-electron chi connectivity index (χ1n) is 10.7. The summed E-state index contributed by atoms with van der Waals surface area (Å²) in [5, 5.41) is 0. The summed E-state index contributed by atoms with van der Waals surface area (Å²) in [7, 11) is 5.78. The lowest BCUT2D eigenvalue weighted by Gasteiger charge is -2.57. The number of nitrogens with zero attached hydrogens (tertiary/aromatic N) is 4. The largest absolute Gasteiger partial charge is 0.338 e. The van der Waals surface area contributed by atoms with Crippen molar-refractivity contribution in [3.8, 4) is 0 Å². The highest BCUT2D eigenvalue weighted by molar-refractivity contribution is 5.94. The minimum atomic E-state index is -0.231. The fourth-order valence-corrected chi connectivity index (χ4v) is 5.61. The van der Waals surface area contributed by atoms with Crippen molar-refractivity contribution >= 4 is 11.8 Å². The van der Waals surface area contributed by atoms with Gasteiger partial charge in [0.1, 0.15) is 5.56 Å². The average molecular weight is 401 g/mol. The van der Waals surface area contributed by atoms with E-state index < -0.39 is 0 Å². The van der Waals surface area contributed by atoms with Crippen LogP contribution in [0.25, 0.3) is 0 Å². The number of likely N-dealkylation sites (tertiary alicyclic amines) is 1. The number of piperidine rings is 3. The molecule has 1 aromatic rings. The smallest absolute Gasteiger partial charge is 0.263 e. The molecule has 3 aliphatic rings. The summed E-state index contributed by atoms with van der Waals surface area (Å²) in [5.41, 5.74) is 0.855. The predicted octanol–water partition coefficient (Wildman–Crippen LogP) is 1.10. The van der Waals surface area contributed by atoms with Gasteiger partial charge in [-0.25, -0.2) is 0 Å². The van der Waals surface area contributed by atoms with Crippen LogP contribution in [0.2, 0.25) is 0 Å². The molecule has 0 spiro atoms. The number of fused-ring (bicyclic) bond motifs is 4. The molecule has 4 heterocycles. The molecule has 7 nitrogen and oxygen atoms in total. The molecule has 0 N–H and O–H groups in total. The second-order valence-corrected chi connectivity index (χ2v) is 9.31. The maximum atomic E-state index is 13.3. The van der Waals surface area contributed by atoms with Crippen molar-refractivity contribution in [2.75, 3.05) is 33.7 Å². The third-order valence-electron chi connectivity index (χ3n) is 7.12. The molecule has 7 heteroatoms. The molecule has 158 valence electrons. The van der Waals surface area contributed by atoms with Crippen molar-refractivity contribution in [1.82, 2.24) is 19.3 Å².